The highest BCUT2D eigenvalue weighted by atomic mass is 16.5. The standard InChI is InChI=1S/C18H30N2O/c1-5-19-17(18(13(3)4)21-6-2)15-11-7-9-14-10-8-12-20-16(14)15/h8,10,12-13,15,17-19H,5-7,9,11H2,1-4H3. The lowest BCUT2D eigenvalue weighted by atomic mass is 9.78. The normalized spacial score (nSPS) is 21.1. The molecule has 0 amide bonds. The molecule has 0 aliphatic heterocycles. The molecule has 1 aromatic rings. The minimum atomic E-state index is 0.243. The van der Waals surface area contributed by atoms with E-state index in [1.54, 1.807) is 0 Å². The molecule has 0 saturated heterocycles. The third-order valence-corrected chi connectivity index (χ3v) is 4.48. The number of aromatic nitrogens is 1. The van der Waals surface area contributed by atoms with Crippen LogP contribution in [-0.2, 0) is 11.2 Å². The van der Waals surface area contributed by atoms with E-state index >= 15 is 0 Å². The zero-order valence-electron chi connectivity index (χ0n) is 13.9. The maximum Gasteiger partial charge on any atom is 0.0757 e. The van der Waals surface area contributed by atoms with Gasteiger partial charge in [-0.25, -0.2) is 0 Å². The molecular weight excluding hydrogens is 260 g/mol. The molecule has 0 saturated carbocycles. The van der Waals surface area contributed by atoms with Crippen LogP contribution in [0.4, 0.5) is 0 Å². The summed E-state index contributed by atoms with van der Waals surface area (Å²) in [5, 5.41) is 3.69. The fourth-order valence-electron chi connectivity index (χ4n) is 3.62. The van der Waals surface area contributed by atoms with Gasteiger partial charge in [-0.2, -0.15) is 0 Å². The van der Waals surface area contributed by atoms with Gasteiger partial charge in [-0.1, -0.05) is 26.8 Å². The summed E-state index contributed by atoms with van der Waals surface area (Å²) < 4.78 is 6.10. The van der Waals surface area contributed by atoms with Gasteiger partial charge in [0.1, 0.15) is 0 Å². The first-order chi connectivity index (χ1) is 10.2. The molecule has 118 valence electrons. The number of hydrogen-bond donors (Lipinski definition) is 1. The Bertz CT molecular complexity index is 433. The summed E-state index contributed by atoms with van der Waals surface area (Å²) in [6.07, 6.45) is 5.80. The molecule has 0 fully saturated rings. The minimum Gasteiger partial charge on any atom is -0.377 e. The number of nitrogens with one attached hydrogen (secondary N) is 1. The lowest BCUT2D eigenvalue weighted by molar-refractivity contribution is -0.00485. The highest BCUT2D eigenvalue weighted by Gasteiger charge is 2.35. The van der Waals surface area contributed by atoms with Crippen molar-refractivity contribution in [2.75, 3.05) is 13.2 Å². The maximum atomic E-state index is 6.10. The van der Waals surface area contributed by atoms with Gasteiger partial charge in [0, 0.05) is 30.5 Å². The highest BCUT2D eigenvalue weighted by molar-refractivity contribution is 5.28. The van der Waals surface area contributed by atoms with Crippen LogP contribution in [0.1, 0.15) is 57.7 Å². The molecule has 0 spiro atoms. The zero-order valence-corrected chi connectivity index (χ0v) is 13.9. The van der Waals surface area contributed by atoms with Crippen LogP contribution in [0.15, 0.2) is 18.3 Å². The number of fused-ring (bicyclic) bond motifs is 1. The van der Waals surface area contributed by atoms with E-state index in [4.69, 9.17) is 9.72 Å². The smallest absolute Gasteiger partial charge is 0.0757 e. The van der Waals surface area contributed by atoms with Gasteiger partial charge in [-0.3, -0.25) is 4.98 Å². The van der Waals surface area contributed by atoms with Crippen LogP contribution in [0.5, 0.6) is 0 Å². The molecule has 1 aromatic heterocycles. The molecule has 1 N–H and O–H groups in total. The van der Waals surface area contributed by atoms with E-state index in [2.05, 4.69) is 45.1 Å². The van der Waals surface area contributed by atoms with Crippen LogP contribution >= 0.6 is 0 Å². The van der Waals surface area contributed by atoms with Crippen LogP contribution < -0.4 is 5.32 Å². The molecule has 2 rings (SSSR count). The summed E-state index contributed by atoms with van der Waals surface area (Å²) in [6.45, 7) is 10.5. The van der Waals surface area contributed by atoms with Gasteiger partial charge in [0.05, 0.1) is 6.10 Å². The van der Waals surface area contributed by atoms with Crippen LogP contribution in [0.3, 0.4) is 0 Å². The molecule has 3 nitrogen and oxygen atoms in total. The second-order valence-corrected chi connectivity index (χ2v) is 6.29. The molecule has 3 unspecified atom stereocenters. The molecule has 3 atom stereocenters. The van der Waals surface area contributed by atoms with Crippen molar-refractivity contribution in [3.63, 3.8) is 0 Å². The van der Waals surface area contributed by atoms with Crippen LogP contribution in [-0.4, -0.2) is 30.3 Å². The number of likely N-dealkylation sites (N-methyl/N-ethyl adjacent to an activating group) is 1. The Morgan fingerprint density at radius 3 is 2.86 bits per heavy atom. The van der Waals surface area contributed by atoms with E-state index in [-0.39, 0.29) is 6.10 Å². The molecule has 1 aliphatic carbocycles. The first-order valence-electron chi connectivity index (χ1n) is 8.47. The van der Waals surface area contributed by atoms with Gasteiger partial charge in [0.15, 0.2) is 0 Å². The number of nitrogens with zero attached hydrogens (tertiary/aromatic N) is 1. The van der Waals surface area contributed by atoms with Gasteiger partial charge < -0.3 is 10.1 Å². The number of ether oxygens (including phenoxy) is 1. The van der Waals surface area contributed by atoms with Gasteiger partial charge in [0.2, 0.25) is 0 Å². The van der Waals surface area contributed by atoms with E-state index < -0.39 is 0 Å². The Morgan fingerprint density at radius 1 is 1.38 bits per heavy atom. The van der Waals surface area contributed by atoms with Crippen molar-refractivity contribution in [3.8, 4) is 0 Å². The third kappa shape index (κ3) is 3.83. The summed E-state index contributed by atoms with van der Waals surface area (Å²) in [7, 11) is 0. The SMILES string of the molecule is CCNC(C1CCCc2cccnc21)C(OCC)C(C)C. The third-order valence-electron chi connectivity index (χ3n) is 4.48. The Balaban J connectivity index is 2.29. The monoisotopic (exact) mass is 290 g/mol. The first kappa shape index (κ1) is 16.4. The average molecular weight is 290 g/mol. The summed E-state index contributed by atoms with van der Waals surface area (Å²) in [4.78, 5) is 4.71. The van der Waals surface area contributed by atoms with Gasteiger partial charge >= 0.3 is 0 Å². The lowest BCUT2D eigenvalue weighted by Crippen LogP contribution is -2.49. The fraction of sp³-hybridized carbons (Fsp3) is 0.722. The highest BCUT2D eigenvalue weighted by Crippen LogP contribution is 2.35. The second-order valence-electron chi connectivity index (χ2n) is 6.29. The van der Waals surface area contributed by atoms with Crippen molar-refractivity contribution in [2.45, 2.75) is 65.0 Å². The summed E-state index contributed by atoms with van der Waals surface area (Å²) in [5.74, 6) is 0.969. The van der Waals surface area contributed by atoms with Crippen LogP contribution in [0.25, 0.3) is 0 Å². The summed E-state index contributed by atoms with van der Waals surface area (Å²) in [6, 6.07) is 4.65. The lowest BCUT2D eigenvalue weighted by Gasteiger charge is -2.38. The van der Waals surface area contributed by atoms with Gasteiger partial charge in [-0.05, 0) is 50.3 Å². The summed E-state index contributed by atoms with van der Waals surface area (Å²) >= 11 is 0. The second kappa shape index (κ2) is 7.90. The van der Waals surface area contributed by atoms with Gasteiger partial charge in [0.25, 0.3) is 0 Å². The Kier molecular flexibility index (Phi) is 6.19. The average Bonchev–Trinajstić information content (AvgIpc) is 2.50. The van der Waals surface area contributed by atoms with Gasteiger partial charge in [-0.15, -0.1) is 0 Å². The number of rotatable bonds is 7. The molecule has 1 heterocycles. The fourth-order valence-corrected chi connectivity index (χ4v) is 3.62. The van der Waals surface area contributed by atoms with Crippen molar-refractivity contribution in [3.05, 3.63) is 29.6 Å². The largest absolute Gasteiger partial charge is 0.377 e. The van der Waals surface area contributed by atoms with E-state index in [9.17, 15) is 0 Å². The topological polar surface area (TPSA) is 34.2 Å². The van der Waals surface area contributed by atoms with Crippen molar-refractivity contribution in [2.24, 2.45) is 5.92 Å². The molecular formula is C18H30N2O. The predicted molar refractivity (Wildman–Crippen MR) is 87.6 cm³/mol. The van der Waals surface area contributed by atoms with E-state index in [1.807, 2.05) is 6.20 Å². The Hall–Kier alpha value is -0.930. The van der Waals surface area contributed by atoms with E-state index in [0.29, 0.717) is 17.9 Å². The molecule has 21 heavy (non-hydrogen) atoms. The predicted octanol–water partition coefficient (Wildman–Crippen LogP) is 3.54. The zero-order chi connectivity index (χ0) is 15.2. The minimum absolute atomic E-state index is 0.243. The van der Waals surface area contributed by atoms with Crippen LogP contribution in [0, 0.1) is 5.92 Å². The summed E-state index contributed by atoms with van der Waals surface area (Å²) in [5.41, 5.74) is 2.72. The molecule has 1 aliphatic rings. The maximum absolute atomic E-state index is 6.10. The Morgan fingerprint density at radius 2 is 2.19 bits per heavy atom. The van der Waals surface area contributed by atoms with Crippen molar-refractivity contribution >= 4 is 0 Å². The molecule has 0 bridgehead atoms. The van der Waals surface area contributed by atoms with Crippen molar-refractivity contribution < 1.29 is 4.74 Å². The molecule has 0 aromatic carbocycles. The quantitative estimate of drug-likeness (QED) is 0.834. The first-order valence-corrected chi connectivity index (χ1v) is 8.47. The van der Waals surface area contributed by atoms with Crippen molar-refractivity contribution in [1.29, 1.82) is 0 Å². The van der Waals surface area contributed by atoms with Crippen LogP contribution in [0.2, 0.25) is 0 Å². The number of pyridine rings is 1. The van der Waals surface area contributed by atoms with E-state index in [0.717, 1.165) is 13.2 Å². The van der Waals surface area contributed by atoms with Crippen molar-refractivity contribution in [1.82, 2.24) is 10.3 Å². The Labute approximate surface area is 129 Å². The van der Waals surface area contributed by atoms with E-state index in [1.165, 1.54) is 30.5 Å². The molecule has 0 radical (unpaired) electrons. The molecule has 3 heteroatoms. The number of aryl methyl sites for hydroxylation is 1. The number of hydrogen-bond acceptors (Lipinski definition) is 3.